The molecule has 1 amide bonds. The van der Waals surface area contributed by atoms with E-state index in [-0.39, 0.29) is 19.8 Å². The molecule has 0 aliphatic carbocycles. The fourth-order valence-electron chi connectivity index (χ4n) is 1.11. The lowest BCUT2D eigenvalue weighted by molar-refractivity contribution is -0.148. The molecule has 1 N–H and O–H groups in total. The first-order valence-corrected chi connectivity index (χ1v) is 5.94. The molecule has 0 aromatic carbocycles. The number of amides is 1. The van der Waals surface area contributed by atoms with Gasteiger partial charge in [-0.05, 0) is 20.8 Å². The third-order valence-corrected chi connectivity index (χ3v) is 1.84. The molecule has 0 fully saturated rings. The molecule has 0 bridgehead atoms. The highest BCUT2D eigenvalue weighted by Gasteiger charge is 2.25. The maximum Gasteiger partial charge on any atom is 0.408 e. The number of ether oxygens (including phenoxy) is 4. The molecule has 112 valence electrons. The van der Waals surface area contributed by atoms with Gasteiger partial charge in [0.25, 0.3) is 0 Å². The summed E-state index contributed by atoms with van der Waals surface area (Å²) in [7, 11) is 2.92. The average Bonchev–Trinajstić information content (AvgIpc) is 2.26. The summed E-state index contributed by atoms with van der Waals surface area (Å²) in [6.07, 6.45) is -0.696. The van der Waals surface area contributed by atoms with Gasteiger partial charge in [0.15, 0.2) is 6.04 Å². The first kappa shape index (κ1) is 17.7. The summed E-state index contributed by atoms with van der Waals surface area (Å²) in [5, 5.41) is 2.40. The van der Waals surface area contributed by atoms with Crippen LogP contribution in [0.1, 0.15) is 20.8 Å². The van der Waals surface area contributed by atoms with Gasteiger partial charge in [-0.25, -0.2) is 9.59 Å². The lowest BCUT2D eigenvalue weighted by atomic mass is 10.2. The van der Waals surface area contributed by atoms with E-state index in [9.17, 15) is 9.59 Å². The Morgan fingerprint density at radius 2 is 1.74 bits per heavy atom. The van der Waals surface area contributed by atoms with E-state index in [2.05, 4.69) is 5.32 Å². The van der Waals surface area contributed by atoms with E-state index in [1.165, 1.54) is 14.2 Å². The van der Waals surface area contributed by atoms with Gasteiger partial charge in [0.05, 0.1) is 13.2 Å². The van der Waals surface area contributed by atoms with Crippen LogP contribution < -0.4 is 5.32 Å². The van der Waals surface area contributed by atoms with Crippen LogP contribution in [0.2, 0.25) is 0 Å². The Kier molecular flexibility index (Phi) is 8.09. The molecule has 7 nitrogen and oxygen atoms in total. The normalized spacial score (nSPS) is 12.7. The number of nitrogens with one attached hydrogen (secondary N) is 1. The van der Waals surface area contributed by atoms with Crippen molar-refractivity contribution in [3.05, 3.63) is 0 Å². The number of esters is 1. The molecule has 1 atom stereocenters. The van der Waals surface area contributed by atoms with E-state index < -0.39 is 23.7 Å². The molecule has 0 heterocycles. The van der Waals surface area contributed by atoms with E-state index in [0.29, 0.717) is 0 Å². The average molecular weight is 277 g/mol. The molecule has 0 saturated carbocycles. The number of methoxy groups -OCH3 is 2. The van der Waals surface area contributed by atoms with Crippen molar-refractivity contribution in [2.24, 2.45) is 0 Å². The van der Waals surface area contributed by atoms with Gasteiger partial charge in [-0.2, -0.15) is 0 Å². The second kappa shape index (κ2) is 8.71. The number of alkyl carbamates (subject to hydrolysis) is 1. The molecule has 7 heteroatoms. The third kappa shape index (κ3) is 9.26. The van der Waals surface area contributed by atoms with E-state index in [4.69, 9.17) is 18.9 Å². The lowest BCUT2D eigenvalue weighted by Crippen LogP contribution is -2.46. The Morgan fingerprint density at radius 1 is 1.11 bits per heavy atom. The van der Waals surface area contributed by atoms with Crippen molar-refractivity contribution in [3.63, 3.8) is 0 Å². The fraction of sp³-hybridized carbons (Fsp3) is 0.833. The van der Waals surface area contributed by atoms with Crippen LogP contribution >= 0.6 is 0 Å². The Labute approximate surface area is 113 Å². The van der Waals surface area contributed by atoms with Gasteiger partial charge in [0.1, 0.15) is 12.2 Å². The highest BCUT2D eigenvalue weighted by Crippen LogP contribution is 2.07. The second-order valence-electron chi connectivity index (χ2n) is 4.81. The summed E-state index contributed by atoms with van der Waals surface area (Å²) < 4.78 is 19.6. The van der Waals surface area contributed by atoms with Crippen molar-refractivity contribution in [2.75, 3.05) is 34.0 Å². The molecule has 19 heavy (non-hydrogen) atoms. The summed E-state index contributed by atoms with van der Waals surface area (Å²) in [4.78, 5) is 23.2. The maximum absolute atomic E-state index is 11.7. The van der Waals surface area contributed by atoms with Gasteiger partial charge in [-0.3, -0.25) is 0 Å². The van der Waals surface area contributed by atoms with E-state index in [1.807, 2.05) is 0 Å². The topological polar surface area (TPSA) is 83.1 Å². The first-order valence-electron chi connectivity index (χ1n) is 5.94. The summed E-state index contributed by atoms with van der Waals surface area (Å²) in [6.45, 7) is 5.60. The van der Waals surface area contributed by atoms with Gasteiger partial charge >= 0.3 is 12.1 Å². The van der Waals surface area contributed by atoms with E-state index in [1.54, 1.807) is 20.8 Å². The van der Waals surface area contributed by atoms with Crippen LogP contribution in [0.15, 0.2) is 0 Å². The molecular weight excluding hydrogens is 254 g/mol. The van der Waals surface area contributed by atoms with Gasteiger partial charge in [-0.1, -0.05) is 0 Å². The number of hydrogen-bond donors (Lipinski definition) is 1. The minimum Gasteiger partial charge on any atom is -0.462 e. The standard InChI is InChI=1S/C12H23NO6/c1-12(2,3)19-11(15)13-9(8-17-5)10(14)18-7-6-16-4/h9H,6-8H2,1-5H3,(H,13,15)/t9-/m0/s1. The predicted molar refractivity (Wildman–Crippen MR) is 67.9 cm³/mol. The molecule has 0 aromatic rings. The molecule has 0 aliphatic rings. The Hall–Kier alpha value is -1.34. The Balaban J connectivity index is 4.31. The van der Waals surface area contributed by atoms with Crippen LogP contribution in [0, 0.1) is 0 Å². The molecule has 0 radical (unpaired) electrons. The minimum absolute atomic E-state index is 0.00502. The van der Waals surface area contributed by atoms with E-state index in [0.717, 1.165) is 0 Å². The van der Waals surface area contributed by atoms with Crippen molar-refractivity contribution < 1.29 is 28.5 Å². The molecule has 0 aromatic heterocycles. The van der Waals surface area contributed by atoms with Gasteiger partial charge < -0.3 is 24.3 Å². The van der Waals surface area contributed by atoms with Crippen LogP contribution in [0.3, 0.4) is 0 Å². The van der Waals surface area contributed by atoms with Crippen molar-refractivity contribution in [3.8, 4) is 0 Å². The maximum atomic E-state index is 11.7. The lowest BCUT2D eigenvalue weighted by Gasteiger charge is -2.22. The minimum atomic E-state index is -0.906. The predicted octanol–water partition coefficient (Wildman–Crippen LogP) is 0.716. The number of rotatable bonds is 7. The zero-order chi connectivity index (χ0) is 14.9. The van der Waals surface area contributed by atoms with E-state index >= 15 is 0 Å². The van der Waals surface area contributed by atoms with Crippen LogP contribution in [0.5, 0.6) is 0 Å². The number of carbonyl (C=O) groups excluding carboxylic acids is 2. The van der Waals surface area contributed by atoms with Crippen molar-refractivity contribution >= 4 is 12.1 Å². The van der Waals surface area contributed by atoms with Crippen LogP contribution in [-0.4, -0.2) is 57.7 Å². The van der Waals surface area contributed by atoms with Gasteiger partial charge in [0.2, 0.25) is 0 Å². The molecule has 0 aliphatic heterocycles. The van der Waals surface area contributed by atoms with Crippen molar-refractivity contribution in [1.82, 2.24) is 5.32 Å². The van der Waals surface area contributed by atoms with Crippen molar-refractivity contribution in [1.29, 1.82) is 0 Å². The molecule has 0 unspecified atom stereocenters. The zero-order valence-corrected chi connectivity index (χ0v) is 12.1. The highest BCUT2D eigenvalue weighted by molar-refractivity contribution is 5.81. The van der Waals surface area contributed by atoms with Crippen molar-refractivity contribution in [2.45, 2.75) is 32.4 Å². The number of carbonyl (C=O) groups is 2. The van der Waals surface area contributed by atoms with Gasteiger partial charge in [0, 0.05) is 14.2 Å². The van der Waals surface area contributed by atoms with Gasteiger partial charge in [-0.15, -0.1) is 0 Å². The molecule has 0 saturated heterocycles. The van der Waals surface area contributed by atoms with Crippen LogP contribution in [-0.2, 0) is 23.7 Å². The molecule has 0 rings (SSSR count). The SMILES string of the molecule is COCCOC(=O)[C@H](COC)NC(=O)OC(C)(C)C. The summed E-state index contributed by atoms with van der Waals surface area (Å²) in [6, 6.07) is -0.906. The Morgan fingerprint density at radius 3 is 2.21 bits per heavy atom. The van der Waals surface area contributed by atoms with Crippen LogP contribution in [0.4, 0.5) is 4.79 Å². The zero-order valence-electron chi connectivity index (χ0n) is 12.1. The summed E-state index contributed by atoms with van der Waals surface area (Å²) in [5.74, 6) is -0.593. The second-order valence-corrected chi connectivity index (χ2v) is 4.81. The summed E-state index contributed by atoms with van der Waals surface area (Å²) >= 11 is 0. The summed E-state index contributed by atoms with van der Waals surface area (Å²) in [5.41, 5.74) is -0.637. The highest BCUT2D eigenvalue weighted by atomic mass is 16.6. The fourth-order valence-corrected chi connectivity index (χ4v) is 1.11. The third-order valence-electron chi connectivity index (χ3n) is 1.84. The monoisotopic (exact) mass is 277 g/mol. The number of hydrogen-bond acceptors (Lipinski definition) is 6. The molecular formula is C12H23NO6. The largest absolute Gasteiger partial charge is 0.462 e. The Bertz CT molecular complexity index is 286. The smallest absolute Gasteiger partial charge is 0.408 e. The molecule has 0 spiro atoms. The quantitative estimate of drug-likeness (QED) is 0.545. The first-order chi connectivity index (χ1) is 8.80. The van der Waals surface area contributed by atoms with Crippen LogP contribution in [0.25, 0.3) is 0 Å².